The zero-order valence-electron chi connectivity index (χ0n) is 13.8. The number of nitrogens with one attached hydrogen (secondary N) is 1. The molecule has 1 N–H and O–H groups in total. The normalized spacial score (nSPS) is 25.4. The smallest absolute Gasteiger partial charge is 0.317 e. The van der Waals surface area contributed by atoms with Crippen molar-refractivity contribution in [3.05, 3.63) is 0 Å². The molecule has 0 aromatic carbocycles. The Morgan fingerprint density at radius 2 is 2.20 bits per heavy atom. The Balaban J connectivity index is 2.50. The fourth-order valence-corrected chi connectivity index (χ4v) is 2.49. The van der Waals surface area contributed by atoms with Crippen LogP contribution in [-0.2, 0) is 9.47 Å². The molecule has 0 aromatic rings. The Labute approximate surface area is 123 Å². The maximum absolute atomic E-state index is 12.3. The Morgan fingerprint density at radius 3 is 2.75 bits per heavy atom. The topological polar surface area (TPSA) is 50.8 Å². The third kappa shape index (κ3) is 4.94. The summed E-state index contributed by atoms with van der Waals surface area (Å²) in [6.07, 6.45) is 1.69. The third-order valence-electron chi connectivity index (χ3n) is 4.09. The molecule has 5 heteroatoms. The van der Waals surface area contributed by atoms with Gasteiger partial charge in [-0.15, -0.1) is 0 Å². The minimum absolute atomic E-state index is 0.00706. The molecule has 1 heterocycles. The highest BCUT2D eigenvalue weighted by Crippen LogP contribution is 2.21. The molecule has 1 aliphatic rings. The molecular formula is C15H30N2O3. The molecule has 5 nitrogen and oxygen atoms in total. The van der Waals surface area contributed by atoms with E-state index in [1.54, 1.807) is 7.11 Å². The van der Waals surface area contributed by atoms with E-state index in [9.17, 15) is 4.79 Å². The van der Waals surface area contributed by atoms with E-state index in [-0.39, 0.29) is 23.3 Å². The van der Waals surface area contributed by atoms with E-state index in [2.05, 4.69) is 19.2 Å². The van der Waals surface area contributed by atoms with Crippen LogP contribution in [0.2, 0.25) is 0 Å². The van der Waals surface area contributed by atoms with Crippen LogP contribution in [0.15, 0.2) is 0 Å². The highest BCUT2D eigenvalue weighted by atomic mass is 16.5. The SMILES string of the molecule is CC[C@@]1(C)CN(C(=O)N[C@@H](C)CC(C)(C)OC)CCO1. The summed E-state index contributed by atoms with van der Waals surface area (Å²) in [7, 11) is 1.70. The molecule has 20 heavy (non-hydrogen) atoms. The van der Waals surface area contributed by atoms with Gasteiger partial charge in [0.15, 0.2) is 0 Å². The number of hydrogen-bond donors (Lipinski definition) is 1. The van der Waals surface area contributed by atoms with Gasteiger partial charge in [0.25, 0.3) is 0 Å². The van der Waals surface area contributed by atoms with E-state index in [0.29, 0.717) is 19.7 Å². The van der Waals surface area contributed by atoms with Crippen molar-refractivity contribution in [2.24, 2.45) is 0 Å². The van der Waals surface area contributed by atoms with Crippen molar-refractivity contribution in [2.75, 3.05) is 26.8 Å². The van der Waals surface area contributed by atoms with Crippen molar-refractivity contribution in [1.82, 2.24) is 10.2 Å². The van der Waals surface area contributed by atoms with Gasteiger partial charge in [0.05, 0.1) is 24.4 Å². The van der Waals surface area contributed by atoms with Crippen LogP contribution in [0.1, 0.15) is 47.5 Å². The second-order valence-corrected chi connectivity index (χ2v) is 6.59. The first-order valence-electron chi connectivity index (χ1n) is 7.46. The van der Waals surface area contributed by atoms with Crippen LogP contribution in [0, 0.1) is 0 Å². The average molecular weight is 286 g/mol. The van der Waals surface area contributed by atoms with E-state index < -0.39 is 0 Å². The predicted octanol–water partition coefficient (Wildman–Crippen LogP) is 2.40. The number of urea groups is 1. The number of rotatable bonds is 5. The van der Waals surface area contributed by atoms with Crippen LogP contribution >= 0.6 is 0 Å². The summed E-state index contributed by atoms with van der Waals surface area (Å²) in [5.74, 6) is 0. The first-order valence-corrected chi connectivity index (χ1v) is 7.46. The van der Waals surface area contributed by atoms with Gasteiger partial charge in [-0.25, -0.2) is 4.79 Å². The molecule has 2 amide bonds. The summed E-state index contributed by atoms with van der Waals surface area (Å²) in [6, 6.07) is 0.0700. The quantitative estimate of drug-likeness (QED) is 0.844. The summed E-state index contributed by atoms with van der Waals surface area (Å²) in [6.45, 7) is 12.1. The molecule has 1 rings (SSSR count). The zero-order chi connectivity index (χ0) is 15.4. The predicted molar refractivity (Wildman–Crippen MR) is 79.9 cm³/mol. The minimum atomic E-state index is -0.227. The van der Waals surface area contributed by atoms with Gasteiger partial charge in [0, 0.05) is 19.7 Å². The number of hydrogen-bond acceptors (Lipinski definition) is 3. The van der Waals surface area contributed by atoms with Gasteiger partial charge in [-0.2, -0.15) is 0 Å². The van der Waals surface area contributed by atoms with Crippen molar-refractivity contribution in [3.63, 3.8) is 0 Å². The van der Waals surface area contributed by atoms with Crippen LogP contribution in [0.4, 0.5) is 4.79 Å². The maximum atomic E-state index is 12.3. The third-order valence-corrected chi connectivity index (χ3v) is 4.09. The van der Waals surface area contributed by atoms with Crippen molar-refractivity contribution < 1.29 is 14.3 Å². The first-order chi connectivity index (χ1) is 9.21. The lowest BCUT2D eigenvalue weighted by Crippen LogP contribution is -2.56. The molecule has 0 saturated carbocycles. The van der Waals surface area contributed by atoms with Gasteiger partial charge < -0.3 is 19.7 Å². The molecule has 0 aliphatic carbocycles. The molecule has 0 aromatic heterocycles. The van der Waals surface area contributed by atoms with Gasteiger partial charge in [-0.3, -0.25) is 0 Å². The maximum Gasteiger partial charge on any atom is 0.317 e. The molecule has 1 fully saturated rings. The molecule has 0 bridgehead atoms. The number of carbonyl (C=O) groups excluding carboxylic acids is 1. The largest absolute Gasteiger partial charge is 0.379 e. The van der Waals surface area contributed by atoms with E-state index >= 15 is 0 Å². The van der Waals surface area contributed by atoms with Crippen molar-refractivity contribution in [1.29, 1.82) is 0 Å². The molecule has 2 atom stereocenters. The second-order valence-electron chi connectivity index (χ2n) is 6.59. The highest BCUT2D eigenvalue weighted by molar-refractivity contribution is 5.74. The van der Waals surface area contributed by atoms with Gasteiger partial charge >= 0.3 is 6.03 Å². The highest BCUT2D eigenvalue weighted by Gasteiger charge is 2.33. The van der Waals surface area contributed by atoms with E-state index in [4.69, 9.17) is 9.47 Å². The van der Waals surface area contributed by atoms with Crippen LogP contribution in [-0.4, -0.2) is 55.0 Å². The Bertz CT molecular complexity index is 333. The fourth-order valence-electron chi connectivity index (χ4n) is 2.49. The molecule has 0 unspecified atom stereocenters. The number of methoxy groups -OCH3 is 1. The summed E-state index contributed by atoms with van der Waals surface area (Å²) >= 11 is 0. The van der Waals surface area contributed by atoms with E-state index in [1.165, 1.54) is 0 Å². The molecular weight excluding hydrogens is 256 g/mol. The summed E-state index contributed by atoms with van der Waals surface area (Å²) in [5, 5.41) is 3.05. The molecule has 1 saturated heterocycles. The minimum Gasteiger partial charge on any atom is -0.379 e. The zero-order valence-corrected chi connectivity index (χ0v) is 13.8. The first kappa shape index (κ1) is 17.2. The number of morpholine rings is 1. The average Bonchev–Trinajstić information content (AvgIpc) is 2.38. The van der Waals surface area contributed by atoms with Gasteiger partial charge in [-0.1, -0.05) is 6.92 Å². The number of carbonyl (C=O) groups is 1. The lowest BCUT2D eigenvalue weighted by Gasteiger charge is -2.40. The molecule has 0 radical (unpaired) electrons. The van der Waals surface area contributed by atoms with Crippen LogP contribution in [0.3, 0.4) is 0 Å². The fraction of sp³-hybridized carbons (Fsp3) is 0.933. The van der Waals surface area contributed by atoms with Crippen LogP contribution in [0.5, 0.6) is 0 Å². The summed E-state index contributed by atoms with van der Waals surface area (Å²) < 4.78 is 11.2. The van der Waals surface area contributed by atoms with Gasteiger partial charge in [0.2, 0.25) is 0 Å². The van der Waals surface area contributed by atoms with Gasteiger partial charge in [-0.05, 0) is 40.5 Å². The Hall–Kier alpha value is -0.810. The monoisotopic (exact) mass is 286 g/mol. The Morgan fingerprint density at radius 1 is 1.55 bits per heavy atom. The van der Waals surface area contributed by atoms with Crippen molar-refractivity contribution >= 4 is 6.03 Å². The summed E-state index contributed by atoms with van der Waals surface area (Å²) in [5.41, 5.74) is -0.444. The lowest BCUT2D eigenvalue weighted by atomic mass is 9.99. The van der Waals surface area contributed by atoms with E-state index in [0.717, 1.165) is 12.8 Å². The standard InChI is InChI=1S/C15H30N2O3/c1-7-15(5)11-17(8-9-20-15)13(18)16-12(2)10-14(3,4)19-6/h12H,7-11H2,1-6H3,(H,16,18)/t12-,15-/m0/s1. The Kier molecular flexibility index (Phi) is 5.83. The lowest BCUT2D eigenvalue weighted by molar-refractivity contribution is -0.0876. The van der Waals surface area contributed by atoms with Crippen LogP contribution in [0.25, 0.3) is 0 Å². The second kappa shape index (κ2) is 6.76. The molecule has 118 valence electrons. The number of nitrogens with zero attached hydrogens (tertiary/aromatic N) is 1. The van der Waals surface area contributed by atoms with Crippen molar-refractivity contribution in [2.45, 2.75) is 64.7 Å². The summed E-state index contributed by atoms with van der Waals surface area (Å²) in [4.78, 5) is 14.2. The molecule has 1 aliphatic heterocycles. The van der Waals surface area contributed by atoms with E-state index in [1.807, 2.05) is 25.7 Å². The van der Waals surface area contributed by atoms with Crippen LogP contribution < -0.4 is 5.32 Å². The molecule has 0 spiro atoms. The van der Waals surface area contributed by atoms with Crippen molar-refractivity contribution in [3.8, 4) is 0 Å². The van der Waals surface area contributed by atoms with Gasteiger partial charge in [0.1, 0.15) is 0 Å². The number of amides is 2. The number of ether oxygens (including phenoxy) is 2.